The molecule has 2 aromatic carbocycles. The van der Waals surface area contributed by atoms with Crippen LogP contribution in [0.4, 0.5) is 4.39 Å². The van der Waals surface area contributed by atoms with Crippen molar-refractivity contribution in [2.45, 2.75) is 13.0 Å². The molecule has 2 aromatic rings. The maximum atomic E-state index is 13.1. The molecule has 4 nitrogen and oxygen atoms in total. The van der Waals surface area contributed by atoms with Crippen LogP contribution in [0.5, 0.6) is 0 Å². The Bertz CT molecular complexity index is 737. The lowest BCUT2D eigenvalue weighted by atomic mass is 10.0. The van der Waals surface area contributed by atoms with Crippen LogP contribution in [0.1, 0.15) is 37.9 Å². The van der Waals surface area contributed by atoms with Crippen LogP contribution in [-0.4, -0.2) is 28.4 Å². The van der Waals surface area contributed by atoms with Crippen molar-refractivity contribution >= 4 is 11.8 Å². The van der Waals surface area contributed by atoms with Gasteiger partial charge in [-0.1, -0.05) is 18.2 Å². The third-order valence-corrected chi connectivity index (χ3v) is 3.82. The highest BCUT2D eigenvalue weighted by Crippen LogP contribution is 2.26. The predicted octanol–water partition coefficient (Wildman–Crippen LogP) is 2.46. The van der Waals surface area contributed by atoms with Crippen LogP contribution < -0.4 is 0 Å². The molecular formula is C17H14FNO3. The number of amides is 2. The highest BCUT2D eigenvalue weighted by atomic mass is 19.1. The van der Waals surface area contributed by atoms with Crippen LogP contribution in [0.15, 0.2) is 42.5 Å². The maximum absolute atomic E-state index is 13.1. The number of hydrogen-bond donors (Lipinski definition) is 1. The minimum Gasteiger partial charge on any atom is -0.387 e. The summed E-state index contributed by atoms with van der Waals surface area (Å²) >= 11 is 0. The zero-order chi connectivity index (χ0) is 15.9. The van der Waals surface area contributed by atoms with E-state index < -0.39 is 23.7 Å². The summed E-state index contributed by atoms with van der Waals surface area (Å²) in [5.41, 5.74) is 1.76. The number of carbonyl (C=O) groups is 2. The molecule has 0 fully saturated rings. The van der Waals surface area contributed by atoms with Crippen LogP contribution in [0.3, 0.4) is 0 Å². The molecule has 0 saturated carbocycles. The van der Waals surface area contributed by atoms with E-state index in [4.69, 9.17) is 0 Å². The van der Waals surface area contributed by atoms with Gasteiger partial charge < -0.3 is 5.11 Å². The first-order valence-corrected chi connectivity index (χ1v) is 6.88. The van der Waals surface area contributed by atoms with Crippen LogP contribution in [-0.2, 0) is 0 Å². The molecule has 0 radical (unpaired) electrons. The average Bonchev–Trinajstić information content (AvgIpc) is 2.73. The molecule has 0 saturated heterocycles. The summed E-state index contributed by atoms with van der Waals surface area (Å²) in [6.45, 7) is 1.52. The first-order chi connectivity index (χ1) is 10.5. The predicted molar refractivity (Wildman–Crippen MR) is 77.9 cm³/mol. The lowest BCUT2D eigenvalue weighted by Gasteiger charge is -2.20. The Kier molecular flexibility index (Phi) is 3.50. The van der Waals surface area contributed by atoms with Crippen molar-refractivity contribution in [1.82, 2.24) is 4.90 Å². The van der Waals surface area contributed by atoms with Crippen molar-refractivity contribution in [3.63, 3.8) is 0 Å². The molecule has 1 unspecified atom stereocenters. The molecular weight excluding hydrogens is 285 g/mol. The van der Waals surface area contributed by atoms with Crippen molar-refractivity contribution in [2.24, 2.45) is 0 Å². The number of rotatable bonds is 3. The van der Waals surface area contributed by atoms with Crippen molar-refractivity contribution in [2.75, 3.05) is 6.54 Å². The van der Waals surface area contributed by atoms with Crippen molar-refractivity contribution in [3.05, 3.63) is 70.5 Å². The van der Waals surface area contributed by atoms with Crippen molar-refractivity contribution in [1.29, 1.82) is 0 Å². The molecule has 1 aliphatic heterocycles. The fourth-order valence-electron chi connectivity index (χ4n) is 2.69. The van der Waals surface area contributed by atoms with Gasteiger partial charge in [0.2, 0.25) is 0 Å². The first kappa shape index (κ1) is 14.4. The zero-order valence-corrected chi connectivity index (χ0v) is 11.9. The Labute approximate surface area is 126 Å². The molecule has 3 rings (SSSR count). The number of fused-ring (bicyclic) bond motifs is 1. The molecule has 0 aliphatic carbocycles. The summed E-state index contributed by atoms with van der Waals surface area (Å²) < 4.78 is 13.1. The van der Waals surface area contributed by atoms with Gasteiger partial charge in [0, 0.05) is 0 Å². The smallest absolute Gasteiger partial charge is 0.261 e. The summed E-state index contributed by atoms with van der Waals surface area (Å²) in [4.78, 5) is 25.5. The number of β-amino-alcohol motifs (C(OH)–C–C–N with tert-alkyl or cyclic N) is 1. The van der Waals surface area contributed by atoms with Gasteiger partial charge in [-0.25, -0.2) is 4.39 Å². The maximum Gasteiger partial charge on any atom is 0.261 e. The van der Waals surface area contributed by atoms with E-state index in [0.717, 1.165) is 4.90 Å². The van der Waals surface area contributed by atoms with Crippen LogP contribution >= 0.6 is 0 Å². The third-order valence-electron chi connectivity index (χ3n) is 3.82. The number of aryl methyl sites for hydroxylation is 1. The molecule has 0 aromatic heterocycles. The molecule has 112 valence electrons. The summed E-state index contributed by atoms with van der Waals surface area (Å²) in [5.74, 6) is -1.23. The monoisotopic (exact) mass is 299 g/mol. The van der Waals surface area contributed by atoms with Gasteiger partial charge >= 0.3 is 0 Å². The minimum atomic E-state index is -1.05. The van der Waals surface area contributed by atoms with Crippen molar-refractivity contribution in [3.8, 4) is 0 Å². The molecule has 1 N–H and O–H groups in total. The second kappa shape index (κ2) is 5.35. The quantitative estimate of drug-likeness (QED) is 0.886. The van der Waals surface area contributed by atoms with E-state index in [1.54, 1.807) is 31.2 Å². The van der Waals surface area contributed by atoms with Gasteiger partial charge in [0.25, 0.3) is 11.8 Å². The number of imide groups is 1. The standard InChI is InChI=1S/C17H14FNO3/c1-10-8-11(18)6-7-12(10)15(20)9-19-16(21)13-4-2-3-5-14(13)17(19)22/h2-8,15,20H,9H2,1H3. The van der Waals surface area contributed by atoms with Crippen molar-refractivity contribution < 1.29 is 19.1 Å². The number of aliphatic hydroxyl groups excluding tert-OH is 1. The average molecular weight is 299 g/mol. The number of benzene rings is 2. The second-order valence-electron chi connectivity index (χ2n) is 5.28. The Hall–Kier alpha value is -2.53. The molecule has 5 heteroatoms. The fourth-order valence-corrected chi connectivity index (χ4v) is 2.69. The minimum absolute atomic E-state index is 0.154. The number of halogens is 1. The third kappa shape index (κ3) is 2.29. The molecule has 22 heavy (non-hydrogen) atoms. The molecule has 2 amide bonds. The normalized spacial score (nSPS) is 15.1. The SMILES string of the molecule is Cc1cc(F)ccc1C(O)CN1C(=O)c2ccccc2C1=O. The Morgan fingerprint density at radius 2 is 1.68 bits per heavy atom. The van der Waals surface area contributed by atoms with Gasteiger partial charge in [0.15, 0.2) is 0 Å². The van der Waals surface area contributed by atoms with Gasteiger partial charge in [-0.2, -0.15) is 0 Å². The Morgan fingerprint density at radius 3 is 2.23 bits per heavy atom. The van der Waals surface area contributed by atoms with Crippen LogP contribution in [0.25, 0.3) is 0 Å². The van der Waals surface area contributed by atoms with E-state index >= 15 is 0 Å². The lowest BCUT2D eigenvalue weighted by Crippen LogP contribution is -2.34. The highest BCUT2D eigenvalue weighted by Gasteiger charge is 2.36. The van der Waals surface area contributed by atoms with Gasteiger partial charge in [0.05, 0.1) is 23.8 Å². The number of nitrogens with zero attached hydrogens (tertiary/aromatic N) is 1. The van der Waals surface area contributed by atoms with Gasteiger partial charge in [-0.05, 0) is 42.3 Å². The summed E-state index contributed by atoms with van der Waals surface area (Å²) in [7, 11) is 0. The van der Waals surface area contributed by atoms with E-state index in [0.29, 0.717) is 22.3 Å². The number of carbonyl (C=O) groups excluding carboxylic acids is 2. The summed E-state index contributed by atoms with van der Waals surface area (Å²) in [5, 5.41) is 10.3. The van der Waals surface area contributed by atoms with Gasteiger partial charge in [0.1, 0.15) is 5.82 Å². The largest absolute Gasteiger partial charge is 0.387 e. The van der Waals surface area contributed by atoms with Gasteiger partial charge in [-0.15, -0.1) is 0 Å². The summed E-state index contributed by atoms with van der Waals surface area (Å²) in [6.07, 6.45) is -1.05. The van der Waals surface area contributed by atoms with E-state index in [-0.39, 0.29) is 6.54 Å². The van der Waals surface area contributed by atoms with E-state index in [2.05, 4.69) is 0 Å². The van der Waals surface area contributed by atoms with Crippen LogP contribution in [0.2, 0.25) is 0 Å². The lowest BCUT2D eigenvalue weighted by molar-refractivity contribution is 0.0542. The molecule has 1 heterocycles. The Morgan fingerprint density at radius 1 is 1.09 bits per heavy atom. The first-order valence-electron chi connectivity index (χ1n) is 6.88. The fraction of sp³-hybridized carbons (Fsp3) is 0.176. The van der Waals surface area contributed by atoms with Gasteiger partial charge in [-0.3, -0.25) is 14.5 Å². The van der Waals surface area contributed by atoms with E-state index in [1.165, 1.54) is 18.2 Å². The topological polar surface area (TPSA) is 57.6 Å². The second-order valence-corrected chi connectivity index (χ2v) is 5.28. The zero-order valence-electron chi connectivity index (χ0n) is 11.9. The number of aliphatic hydroxyl groups is 1. The summed E-state index contributed by atoms with van der Waals surface area (Å²) in [6, 6.07) is 10.6. The van der Waals surface area contributed by atoms with E-state index in [9.17, 15) is 19.1 Å². The van der Waals surface area contributed by atoms with Crippen LogP contribution in [0, 0.1) is 12.7 Å². The van der Waals surface area contributed by atoms with E-state index in [1.807, 2.05) is 0 Å². The molecule has 0 bridgehead atoms. The number of hydrogen-bond acceptors (Lipinski definition) is 3. The molecule has 1 atom stereocenters. The highest BCUT2D eigenvalue weighted by molar-refractivity contribution is 6.21. The molecule has 0 spiro atoms. The Balaban J connectivity index is 1.85. The molecule has 1 aliphatic rings.